The minimum Gasteiger partial charge on any atom is -0.508 e. The van der Waals surface area contributed by atoms with Crippen LogP contribution in [0.4, 0.5) is 0 Å². The number of phenols is 1. The van der Waals surface area contributed by atoms with E-state index in [1.807, 2.05) is 30.3 Å². The molecule has 1 aliphatic rings. The van der Waals surface area contributed by atoms with Crippen LogP contribution in [0.15, 0.2) is 54.6 Å². The smallest absolute Gasteiger partial charge is 0.326 e. The number of nitrogens with one attached hydrogen (secondary N) is 4. The van der Waals surface area contributed by atoms with Gasteiger partial charge in [0.1, 0.15) is 23.9 Å². The number of aliphatic carboxylic acids is 1. The molecule has 0 aromatic heterocycles. The summed E-state index contributed by atoms with van der Waals surface area (Å²) in [5.41, 5.74) is 1.43. The molecule has 1 fully saturated rings. The molecule has 2 aromatic rings. The number of thiol groups is 1. The number of amides is 3. The number of hydrogen-bond acceptors (Lipinski definition) is 7. The van der Waals surface area contributed by atoms with Crippen molar-refractivity contribution < 1.29 is 29.4 Å². The fourth-order valence-electron chi connectivity index (χ4n) is 4.05. The van der Waals surface area contributed by atoms with Gasteiger partial charge in [-0.1, -0.05) is 42.5 Å². The molecule has 11 heteroatoms. The van der Waals surface area contributed by atoms with Gasteiger partial charge in [-0.15, -0.1) is 0 Å². The second-order valence-electron chi connectivity index (χ2n) is 8.91. The lowest BCUT2D eigenvalue weighted by atomic mass is 10.0. The van der Waals surface area contributed by atoms with Crippen molar-refractivity contribution in [3.05, 3.63) is 65.7 Å². The van der Waals surface area contributed by atoms with Gasteiger partial charge in [-0.25, -0.2) is 4.79 Å². The summed E-state index contributed by atoms with van der Waals surface area (Å²) in [5.74, 6) is -2.87. The molecule has 3 rings (SSSR count). The molecule has 198 valence electrons. The Morgan fingerprint density at radius 1 is 0.865 bits per heavy atom. The average Bonchev–Trinajstić information content (AvgIpc) is 3.43. The molecule has 1 aliphatic heterocycles. The highest BCUT2D eigenvalue weighted by Gasteiger charge is 2.31. The van der Waals surface area contributed by atoms with E-state index in [2.05, 4.69) is 33.9 Å². The van der Waals surface area contributed by atoms with Gasteiger partial charge in [-0.3, -0.25) is 14.4 Å². The number of benzene rings is 2. The molecule has 4 unspecified atom stereocenters. The first-order chi connectivity index (χ1) is 17.8. The van der Waals surface area contributed by atoms with Gasteiger partial charge in [-0.05, 0) is 42.6 Å². The number of carboxylic acid groups (broad SMARTS) is 1. The van der Waals surface area contributed by atoms with Gasteiger partial charge in [0.15, 0.2) is 0 Å². The summed E-state index contributed by atoms with van der Waals surface area (Å²) in [6.45, 7) is 0.727. The summed E-state index contributed by atoms with van der Waals surface area (Å²) in [5, 5.41) is 30.0. The van der Waals surface area contributed by atoms with Gasteiger partial charge in [0, 0.05) is 18.6 Å². The normalized spacial score (nSPS) is 17.3. The molecule has 0 bridgehead atoms. The van der Waals surface area contributed by atoms with E-state index < -0.39 is 35.9 Å². The third kappa shape index (κ3) is 8.50. The van der Waals surface area contributed by atoms with Crippen LogP contribution in [0.25, 0.3) is 0 Å². The maximum Gasteiger partial charge on any atom is 0.326 e. The summed E-state index contributed by atoms with van der Waals surface area (Å²) in [7, 11) is 0. The van der Waals surface area contributed by atoms with Gasteiger partial charge in [0.25, 0.3) is 0 Å². The van der Waals surface area contributed by atoms with Crippen molar-refractivity contribution in [2.24, 2.45) is 0 Å². The van der Waals surface area contributed by atoms with Crippen LogP contribution < -0.4 is 21.3 Å². The van der Waals surface area contributed by atoms with E-state index >= 15 is 0 Å². The Morgan fingerprint density at radius 2 is 1.46 bits per heavy atom. The molecule has 37 heavy (non-hydrogen) atoms. The standard InChI is InChI=1S/C26H32N4O6S/c31-18-10-8-17(9-11-18)14-21(26(35)36)29-25(34)22(15-37)30-24(33)20(13-16-5-2-1-3-6-16)28-23(32)19-7-4-12-27-19/h1-3,5-6,8-11,19-22,27,31,37H,4,7,12-15H2,(H,28,32)(H,29,34)(H,30,33)(H,35,36). The number of phenolic OH excluding ortho intramolecular Hbond substituents is 1. The van der Waals surface area contributed by atoms with Gasteiger partial charge >= 0.3 is 5.97 Å². The molecule has 6 N–H and O–H groups in total. The molecule has 1 saturated heterocycles. The van der Waals surface area contributed by atoms with Gasteiger partial charge in [0.05, 0.1) is 6.04 Å². The minimum absolute atomic E-state index is 0.0182. The van der Waals surface area contributed by atoms with Gasteiger partial charge < -0.3 is 31.5 Å². The summed E-state index contributed by atoms with van der Waals surface area (Å²) < 4.78 is 0. The van der Waals surface area contributed by atoms with Crippen LogP contribution in [0.5, 0.6) is 5.75 Å². The van der Waals surface area contributed by atoms with Crippen molar-refractivity contribution in [1.82, 2.24) is 21.3 Å². The predicted octanol–water partition coefficient (Wildman–Crippen LogP) is 0.398. The summed E-state index contributed by atoms with van der Waals surface area (Å²) in [6.07, 6.45) is 1.73. The lowest BCUT2D eigenvalue weighted by Gasteiger charge is -2.24. The van der Waals surface area contributed by atoms with E-state index in [0.717, 1.165) is 18.5 Å². The maximum absolute atomic E-state index is 13.2. The predicted molar refractivity (Wildman–Crippen MR) is 140 cm³/mol. The first kappa shape index (κ1) is 28.0. The number of carbonyl (C=O) groups excluding carboxylic acids is 3. The maximum atomic E-state index is 13.2. The van der Waals surface area contributed by atoms with Crippen molar-refractivity contribution in [1.29, 1.82) is 0 Å². The summed E-state index contributed by atoms with van der Waals surface area (Å²) in [6, 6.07) is 11.4. The SMILES string of the molecule is O=C(O)C(Cc1ccc(O)cc1)NC(=O)C(CS)NC(=O)C(Cc1ccccc1)NC(=O)C1CCCN1. The number of carboxylic acids is 1. The first-order valence-corrected chi connectivity index (χ1v) is 12.7. The van der Waals surface area contributed by atoms with Crippen LogP contribution >= 0.6 is 12.6 Å². The molecule has 10 nitrogen and oxygen atoms in total. The van der Waals surface area contributed by atoms with E-state index in [4.69, 9.17) is 0 Å². The Hall–Kier alpha value is -3.57. The molecule has 0 radical (unpaired) electrons. The minimum atomic E-state index is -1.26. The quantitative estimate of drug-likeness (QED) is 0.197. The molecular weight excluding hydrogens is 496 g/mol. The lowest BCUT2D eigenvalue weighted by Crippen LogP contribution is -2.58. The molecule has 1 heterocycles. The molecule has 0 aliphatic carbocycles. The largest absolute Gasteiger partial charge is 0.508 e. The third-order valence-electron chi connectivity index (χ3n) is 6.10. The molecule has 3 amide bonds. The highest BCUT2D eigenvalue weighted by Crippen LogP contribution is 2.12. The van der Waals surface area contributed by atoms with Crippen molar-refractivity contribution in [3.8, 4) is 5.75 Å². The first-order valence-electron chi connectivity index (χ1n) is 12.1. The van der Waals surface area contributed by atoms with E-state index in [0.29, 0.717) is 12.0 Å². The molecule has 0 saturated carbocycles. The van der Waals surface area contributed by atoms with Crippen molar-refractivity contribution >= 4 is 36.3 Å². The molecule has 2 aromatic carbocycles. The highest BCUT2D eigenvalue weighted by molar-refractivity contribution is 7.80. The monoisotopic (exact) mass is 528 g/mol. The Morgan fingerprint density at radius 3 is 2.05 bits per heavy atom. The van der Waals surface area contributed by atoms with E-state index in [9.17, 15) is 29.4 Å². The molecule has 0 spiro atoms. The zero-order valence-corrected chi connectivity index (χ0v) is 21.1. The van der Waals surface area contributed by atoms with E-state index in [1.165, 1.54) is 12.1 Å². The Labute approximate surface area is 220 Å². The highest BCUT2D eigenvalue weighted by atomic mass is 32.1. The molecule has 4 atom stereocenters. The molecular formula is C26H32N4O6S. The zero-order chi connectivity index (χ0) is 26.8. The van der Waals surface area contributed by atoms with Crippen LogP contribution in [-0.4, -0.2) is 70.4 Å². The zero-order valence-electron chi connectivity index (χ0n) is 20.2. The van der Waals surface area contributed by atoms with Gasteiger partial charge in [0.2, 0.25) is 17.7 Å². The number of aromatic hydroxyl groups is 1. The van der Waals surface area contributed by atoms with Crippen molar-refractivity contribution in [3.63, 3.8) is 0 Å². The van der Waals surface area contributed by atoms with Crippen LogP contribution in [0.3, 0.4) is 0 Å². The Kier molecular flexibility index (Phi) is 10.3. The second-order valence-corrected chi connectivity index (χ2v) is 9.28. The van der Waals surface area contributed by atoms with E-state index in [1.54, 1.807) is 12.1 Å². The number of carbonyl (C=O) groups is 4. The summed E-state index contributed by atoms with van der Waals surface area (Å²) in [4.78, 5) is 50.6. The van der Waals surface area contributed by atoms with Gasteiger partial charge in [-0.2, -0.15) is 12.6 Å². The Bertz CT molecular complexity index is 1080. The fourth-order valence-corrected chi connectivity index (χ4v) is 4.30. The Balaban J connectivity index is 1.67. The number of rotatable bonds is 12. The summed E-state index contributed by atoms with van der Waals surface area (Å²) >= 11 is 4.17. The van der Waals surface area contributed by atoms with Crippen LogP contribution in [0, 0.1) is 0 Å². The van der Waals surface area contributed by atoms with Crippen molar-refractivity contribution in [2.75, 3.05) is 12.3 Å². The van der Waals surface area contributed by atoms with E-state index in [-0.39, 0.29) is 36.3 Å². The second kappa shape index (κ2) is 13.7. The lowest BCUT2D eigenvalue weighted by molar-refractivity contribution is -0.142. The van der Waals surface area contributed by atoms with Crippen LogP contribution in [-0.2, 0) is 32.0 Å². The average molecular weight is 529 g/mol. The van der Waals surface area contributed by atoms with Crippen LogP contribution in [0.1, 0.15) is 24.0 Å². The fraction of sp³-hybridized carbons (Fsp3) is 0.385. The van der Waals surface area contributed by atoms with Crippen LogP contribution in [0.2, 0.25) is 0 Å². The number of hydrogen-bond donors (Lipinski definition) is 7. The third-order valence-corrected chi connectivity index (χ3v) is 6.46. The topological polar surface area (TPSA) is 157 Å². The van der Waals surface area contributed by atoms with Crippen molar-refractivity contribution in [2.45, 2.75) is 49.9 Å².